The van der Waals surface area contributed by atoms with Crippen LogP contribution in [0.15, 0.2) is 12.1 Å². The van der Waals surface area contributed by atoms with Gasteiger partial charge >= 0.3 is 5.97 Å². The molecule has 0 spiro atoms. The van der Waals surface area contributed by atoms with Crippen LogP contribution in [-0.2, 0) is 9.53 Å². The Balaban J connectivity index is 2.13. The fourth-order valence-corrected chi connectivity index (χ4v) is 3.03. The van der Waals surface area contributed by atoms with Crippen LogP contribution in [0.3, 0.4) is 0 Å². The second-order valence-corrected chi connectivity index (χ2v) is 6.37. The summed E-state index contributed by atoms with van der Waals surface area (Å²) in [7, 11) is 2.68. The Hall–Kier alpha value is -2.84. The van der Waals surface area contributed by atoms with Crippen molar-refractivity contribution in [3.05, 3.63) is 27.8 Å². The number of hydrogen-bond acceptors (Lipinski definition) is 7. The Bertz CT molecular complexity index is 714. The number of nitro groups is 1. The molecular weight excluding hydrogens is 356 g/mol. The fraction of sp³-hybridized carbons (Fsp3) is 0.556. The predicted molar refractivity (Wildman–Crippen MR) is 96.1 cm³/mol. The largest absolute Gasteiger partial charge is 0.493 e. The van der Waals surface area contributed by atoms with Crippen molar-refractivity contribution in [2.45, 2.75) is 51.2 Å². The SMILES string of the molecule is COc1cc(C(=O)OC(C)C(=O)NC2CCCCC2)c([N+](=O)[O-])cc1OC. The minimum absolute atomic E-state index is 0.0721. The molecule has 27 heavy (non-hydrogen) atoms. The number of carbonyl (C=O) groups is 2. The number of benzene rings is 1. The van der Waals surface area contributed by atoms with Gasteiger partial charge in [-0.3, -0.25) is 14.9 Å². The summed E-state index contributed by atoms with van der Waals surface area (Å²) in [5.41, 5.74) is -0.799. The summed E-state index contributed by atoms with van der Waals surface area (Å²) < 4.78 is 15.3. The second-order valence-electron chi connectivity index (χ2n) is 6.37. The quantitative estimate of drug-likeness (QED) is 0.439. The summed E-state index contributed by atoms with van der Waals surface area (Å²) in [4.78, 5) is 35.3. The summed E-state index contributed by atoms with van der Waals surface area (Å²) in [6.45, 7) is 1.43. The maximum atomic E-state index is 12.4. The molecule has 0 bridgehead atoms. The van der Waals surface area contributed by atoms with Crippen molar-refractivity contribution in [3.63, 3.8) is 0 Å². The first kappa shape index (κ1) is 20.5. The Kier molecular flexibility index (Phi) is 6.98. The molecule has 1 N–H and O–H groups in total. The Morgan fingerprint density at radius 3 is 2.30 bits per heavy atom. The average Bonchev–Trinajstić information content (AvgIpc) is 2.67. The van der Waals surface area contributed by atoms with Crippen molar-refractivity contribution in [1.29, 1.82) is 0 Å². The van der Waals surface area contributed by atoms with E-state index in [2.05, 4.69) is 5.32 Å². The van der Waals surface area contributed by atoms with E-state index in [4.69, 9.17) is 14.2 Å². The van der Waals surface area contributed by atoms with Gasteiger partial charge in [-0.1, -0.05) is 19.3 Å². The van der Waals surface area contributed by atoms with Gasteiger partial charge in [0.2, 0.25) is 0 Å². The minimum atomic E-state index is -1.08. The molecule has 9 heteroatoms. The molecule has 0 heterocycles. The molecule has 9 nitrogen and oxygen atoms in total. The first-order valence-electron chi connectivity index (χ1n) is 8.79. The number of rotatable bonds is 7. The smallest absolute Gasteiger partial charge is 0.346 e. The molecule has 1 aromatic carbocycles. The van der Waals surface area contributed by atoms with Crippen molar-refractivity contribution in [3.8, 4) is 11.5 Å². The molecule has 1 aliphatic rings. The van der Waals surface area contributed by atoms with E-state index in [0.717, 1.165) is 38.2 Å². The fourth-order valence-electron chi connectivity index (χ4n) is 3.03. The lowest BCUT2D eigenvalue weighted by Gasteiger charge is -2.24. The first-order chi connectivity index (χ1) is 12.9. The van der Waals surface area contributed by atoms with Crippen LogP contribution < -0.4 is 14.8 Å². The monoisotopic (exact) mass is 380 g/mol. The van der Waals surface area contributed by atoms with Gasteiger partial charge < -0.3 is 19.5 Å². The third kappa shape index (κ3) is 5.08. The predicted octanol–water partition coefficient (Wildman–Crippen LogP) is 2.61. The lowest BCUT2D eigenvalue weighted by Crippen LogP contribution is -2.42. The molecule has 1 amide bonds. The molecule has 0 saturated heterocycles. The van der Waals surface area contributed by atoms with Crippen molar-refractivity contribution in [1.82, 2.24) is 5.32 Å². The lowest BCUT2D eigenvalue weighted by molar-refractivity contribution is -0.385. The molecule has 1 aliphatic carbocycles. The maximum absolute atomic E-state index is 12.4. The maximum Gasteiger partial charge on any atom is 0.346 e. The van der Waals surface area contributed by atoms with Crippen LogP contribution in [0.1, 0.15) is 49.4 Å². The van der Waals surface area contributed by atoms with E-state index in [1.54, 1.807) is 0 Å². The highest BCUT2D eigenvalue weighted by Gasteiger charge is 2.29. The molecule has 1 saturated carbocycles. The number of nitro benzene ring substituents is 1. The molecular formula is C18H24N2O7. The van der Waals surface area contributed by atoms with E-state index in [1.807, 2.05) is 0 Å². The number of hydrogen-bond donors (Lipinski definition) is 1. The van der Waals surface area contributed by atoms with Gasteiger partial charge in [-0.15, -0.1) is 0 Å². The van der Waals surface area contributed by atoms with E-state index in [-0.39, 0.29) is 23.1 Å². The van der Waals surface area contributed by atoms with Gasteiger partial charge in [0.25, 0.3) is 11.6 Å². The van der Waals surface area contributed by atoms with Gasteiger partial charge in [-0.05, 0) is 19.8 Å². The van der Waals surface area contributed by atoms with Crippen LogP contribution in [0.25, 0.3) is 0 Å². The highest BCUT2D eigenvalue weighted by molar-refractivity contribution is 5.96. The molecule has 1 fully saturated rings. The van der Waals surface area contributed by atoms with Crippen LogP contribution in [0.5, 0.6) is 11.5 Å². The van der Waals surface area contributed by atoms with Gasteiger partial charge in [0.05, 0.1) is 25.2 Å². The molecule has 1 atom stereocenters. The highest BCUT2D eigenvalue weighted by Crippen LogP contribution is 2.35. The zero-order chi connectivity index (χ0) is 20.0. The molecule has 0 aliphatic heterocycles. The van der Waals surface area contributed by atoms with Gasteiger partial charge in [-0.2, -0.15) is 0 Å². The number of nitrogens with one attached hydrogen (secondary N) is 1. The Labute approximate surface area is 157 Å². The van der Waals surface area contributed by atoms with Gasteiger partial charge in [0.1, 0.15) is 5.56 Å². The lowest BCUT2D eigenvalue weighted by atomic mass is 9.95. The third-order valence-corrected chi connectivity index (χ3v) is 4.52. The third-order valence-electron chi connectivity index (χ3n) is 4.52. The summed E-state index contributed by atoms with van der Waals surface area (Å²) >= 11 is 0. The van der Waals surface area contributed by atoms with Gasteiger partial charge in [0.15, 0.2) is 17.6 Å². The van der Waals surface area contributed by atoms with Crippen molar-refractivity contribution in [2.24, 2.45) is 0 Å². The van der Waals surface area contributed by atoms with E-state index < -0.39 is 28.6 Å². The van der Waals surface area contributed by atoms with E-state index in [9.17, 15) is 19.7 Å². The number of ether oxygens (including phenoxy) is 3. The summed E-state index contributed by atoms with van der Waals surface area (Å²) in [5, 5.41) is 14.2. The summed E-state index contributed by atoms with van der Waals surface area (Å²) in [6, 6.07) is 2.33. The van der Waals surface area contributed by atoms with Crippen molar-refractivity contribution in [2.75, 3.05) is 14.2 Å². The Morgan fingerprint density at radius 2 is 1.74 bits per heavy atom. The molecule has 1 aromatic rings. The molecule has 0 aromatic heterocycles. The second kappa shape index (κ2) is 9.20. The van der Waals surface area contributed by atoms with Crippen molar-refractivity contribution >= 4 is 17.6 Å². The topological polar surface area (TPSA) is 117 Å². The van der Waals surface area contributed by atoms with Gasteiger partial charge in [-0.25, -0.2) is 4.79 Å². The standard InChI is InChI=1S/C18H24N2O7/c1-11(17(21)19-12-7-5-4-6-8-12)27-18(22)13-9-15(25-2)16(26-3)10-14(13)20(23)24/h9-12H,4-8H2,1-3H3,(H,19,21). The van der Waals surface area contributed by atoms with Crippen molar-refractivity contribution < 1.29 is 28.7 Å². The minimum Gasteiger partial charge on any atom is -0.493 e. The number of carbonyl (C=O) groups excluding carboxylic acids is 2. The van der Waals surface area contributed by atoms with E-state index in [1.165, 1.54) is 27.2 Å². The zero-order valence-electron chi connectivity index (χ0n) is 15.6. The summed E-state index contributed by atoms with van der Waals surface area (Å²) in [6.07, 6.45) is 3.97. The molecule has 0 radical (unpaired) electrons. The highest BCUT2D eigenvalue weighted by atomic mass is 16.6. The van der Waals surface area contributed by atoms with Crippen LogP contribution in [0.2, 0.25) is 0 Å². The summed E-state index contributed by atoms with van der Waals surface area (Å²) in [5.74, 6) is -1.13. The van der Waals surface area contributed by atoms with Crippen LogP contribution in [0, 0.1) is 10.1 Å². The average molecular weight is 380 g/mol. The normalized spacial score (nSPS) is 15.5. The van der Waals surface area contributed by atoms with Crippen LogP contribution in [0.4, 0.5) is 5.69 Å². The van der Waals surface area contributed by atoms with Crippen LogP contribution in [-0.4, -0.2) is 43.2 Å². The number of methoxy groups -OCH3 is 2. The van der Waals surface area contributed by atoms with Gasteiger partial charge in [0, 0.05) is 12.1 Å². The first-order valence-corrected chi connectivity index (χ1v) is 8.79. The number of esters is 1. The molecule has 2 rings (SSSR count). The number of nitrogens with zero attached hydrogens (tertiary/aromatic N) is 1. The zero-order valence-corrected chi connectivity index (χ0v) is 15.6. The number of amides is 1. The Morgan fingerprint density at radius 1 is 1.15 bits per heavy atom. The molecule has 1 unspecified atom stereocenters. The van der Waals surface area contributed by atoms with Crippen LogP contribution >= 0.6 is 0 Å². The van der Waals surface area contributed by atoms with E-state index in [0.29, 0.717) is 0 Å². The molecule has 148 valence electrons. The van der Waals surface area contributed by atoms with E-state index >= 15 is 0 Å².